The van der Waals surface area contributed by atoms with Gasteiger partial charge in [-0.05, 0) is 64.6 Å². The second kappa shape index (κ2) is 7.58. The third kappa shape index (κ3) is 4.06. The van der Waals surface area contributed by atoms with Gasteiger partial charge in [0.2, 0.25) is 0 Å². The summed E-state index contributed by atoms with van der Waals surface area (Å²) in [4.78, 5) is 5.62. The lowest BCUT2D eigenvalue weighted by atomic mass is 9.99. The number of hydrogen-bond donors (Lipinski definition) is 1. The van der Waals surface area contributed by atoms with Crippen LogP contribution in [0.5, 0.6) is 0 Å². The third-order valence-corrected chi connectivity index (χ3v) is 6.12. The molecule has 0 amide bonds. The second-order valence-corrected chi connectivity index (χ2v) is 7.39. The van der Waals surface area contributed by atoms with Gasteiger partial charge in [-0.3, -0.25) is 0 Å². The highest BCUT2D eigenvalue weighted by Gasteiger charge is 2.16. The van der Waals surface area contributed by atoms with Crippen molar-refractivity contribution in [1.29, 1.82) is 0 Å². The van der Waals surface area contributed by atoms with Crippen LogP contribution in [0, 0.1) is 0 Å². The molecule has 20 heavy (non-hydrogen) atoms. The lowest BCUT2D eigenvalue weighted by molar-refractivity contribution is 0.249. The van der Waals surface area contributed by atoms with E-state index < -0.39 is 0 Å². The Balaban J connectivity index is 1.80. The third-order valence-electron chi connectivity index (χ3n) is 4.70. The zero-order valence-corrected chi connectivity index (χ0v) is 14.4. The predicted molar refractivity (Wildman–Crippen MR) is 89.8 cm³/mol. The molecule has 0 bridgehead atoms. The smallest absolute Gasteiger partial charge is 0.0386 e. The van der Waals surface area contributed by atoms with Gasteiger partial charge in [-0.2, -0.15) is 0 Å². The summed E-state index contributed by atoms with van der Waals surface area (Å²) in [5.74, 6) is 0. The highest BCUT2D eigenvalue weighted by Crippen LogP contribution is 2.32. The average Bonchev–Trinajstić information content (AvgIpc) is 2.90. The van der Waals surface area contributed by atoms with E-state index in [1.807, 2.05) is 11.3 Å². The molecule has 0 spiro atoms. The summed E-state index contributed by atoms with van der Waals surface area (Å²) >= 11 is 2.04. The molecule has 0 saturated heterocycles. The quantitative estimate of drug-likeness (QED) is 0.817. The van der Waals surface area contributed by atoms with Gasteiger partial charge in [0.15, 0.2) is 0 Å². The summed E-state index contributed by atoms with van der Waals surface area (Å²) in [7, 11) is 2.23. The average molecular weight is 295 g/mol. The van der Waals surface area contributed by atoms with Crippen molar-refractivity contribution >= 4 is 11.3 Å². The van der Waals surface area contributed by atoms with E-state index in [1.165, 1.54) is 37.0 Å². The maximum absolute atomic E-state index is 3.69. The van der Waals surface area contributed by atoms with Gasteiger partial charge in [0, 0.05) is 34.9 Å². The molecule has 0 aromatic carbocycles. The zero-order valence-electron chi connectivity index (χ0n) is 13.5. The van der Waals surface area contributed by atoms with E-state index in [-0.39, 0.29) is 0 Å². The fraction of sp³-hybridized carbons (Fsp3) is 0.765. The van der Waals surface area contributed by atoms with Gasteiger partial charge < -0.3 is 10.2 Å². The number of nitrogens with one attached hydrogen (secondary N) is 1. The minimum Gasteiger partial charge on any atom is -0.308 e. The molecule has 0 radical (unpaired) electrons. The van der Waals surface area contributed by atoms with E-state index in [9.17, 15) is 0 Å². The maximum atomic E-state index is 3.69. The van der Waals surface area contributed by atoms with Crippen molar-refractivity contribution in [3.8, 4) is 0 Å². The standard InChI is InChI=1S/C17H30N2S/c1-5-13(2)19(4)11-10-18-14(3)17-12-15-8-6-7-9-16(15)20-17/h12-14,18H,5-11H2,1-4H3. The monoisotopic (exact) mass is 294 g/mol. The van der Waals surface area contributed by atoms with Gasteiger partial charge in [0.05, 0.1) is 0 Å². The van der Waals surface area contributed by atoms with Crippen LogP contribution >= 0.6 is 11.3 Å². The Bertz CT molecular complexity index is 390. The number of likely N-dealkylation sites (N-methyl/N-ethyl adjacent to an activating group) is 1. The van der Waals surface area contributed by atoms with Gasteiger partial charge in [0.1, 0.15) is 0 Å². The second-order valence-electron chi connectivity index (χ2n) is 6.22. The SMILES string of the molecule is CCC(C)N(C)CCNC(C)c1cc2c(s1)CCCC2. The van der Waals surface area contributed by atoms with Crippen molar-refractivity contribution in [2.45, 2.75) is 65.0 Å². The van der Waals surface area contributed by atoms with Crippen LogP contribution in [0.4, 0.5) is 0 Å². The molecule has 2 unspecified atom stereocenters. The molecule has 1 aliphatic rings. The van der Waals surface area contributed by atoms with Crippen LogP contribution in [-0.2, 0) is 12.8 Å². The number of hydrogen-bond acceptors (Lipinski definition) is 3. The highest BCUT2D eigenvalue weighted by atomic mass is 32.1. The van der Waals surface area contributed by atoms with Crippen molar-refractivity contribution in [3.63, 3.8) is 0 Å². The van der Waals surface area contributed by atoms with Crippen molar-refractivity contribution < 1.29 is 0 Å². The van der Waals surface area contributed by atoms with Crippen molar-refractivity contribution in [2.24, 2.45) is 0 Å². The van der Waals surface area contributed by atoms with Crippen LogP contribution in [0.25, 0.3) is 0 Å². The lowest BCUT2D eigenvalue weighted by Gasteiger charge is -2.24. The molecule has 2 rings (SSSR count). The van der Waals surface area contributed by atoms with Gasteiger partial charge in [0.25, 0.3) is 0 Å². The van der Waals surface area contributed by atoms with Crippen molar-refractivity contribution in [2.75, 3.05) is 20.1 Å². The Morgan fingerprint density at radius 1 is 1.30 bits per heavy atom. The first-order valence-corrected chi connectivity index (χ1v) is 8.98. The van der Waals surface area contributed by atoms with E-state index >= 15 is 0 Å². The fourth-order valence-electron chi connectivity index (χ4n) is 2.82. The summed E-state index contributed by atoms with van der Waals surface area (Å²) in [5, 5.41) is 3.69. The topological polar surface area (TPSA) is 15.3 Å². The highest BCUT2D eigenvalue weighted by molar-refractivity contribution is 7.12. The maximum Gasteiger partial charge on any atom is 0.0386 e. The Labute approximate surface area is 128 Å². The molecule has 0 aliphatic heterocycles. The molecule has 1 N–H and O–H groups in total. The van der Waals surface area contributed by atoms with Gasteiger partial charge in [-0.25, -0.2) is 0 Å². The number of thiophene rings is 1. The fourth-order valence-corrected chi connectivity index (χ4v) is 4.10. The zero-order chi connectivity index (χ0) is 14.5. The van der Waals surface area contributed by atoms with Crippen LogP contribution < -0.4 is 5.32 Å². The number of fused-ring (bicyclic) bond motifs is 1. The molecule has 1 aliphatic carbocycles. The van der Waals surface area contributed by atoms with Crippen molar-refractivity contribution in [3.05, 3.63) is 21.4 Å². The van der Waals surface area contributed by atoms with E-state index in [0.717, 1.165) is 13.1 Å². The number of aryl methyl sites for hydroxylation is 2. The van der Waals surface area contributed by atoms with Gasteiger partial charge in [-0.15, -0.1) is 11.3 Å². The molecule has 114 valence electrons. The van der Waals surface area contributed by atoms with Crippen LogP contribution in [0.1, 0.15) is 61.4 Å². The lowest BCUT2D eigenvalue weighted by Crippen LogP contribution is -2.35. The van der Waals surface area contributed by atoms with E-state index in [4.69, 9.17) is 0 Å². The summed E-state index contributed by atoms with van der Waals surface area (Å²) in [5.41, 5.74) is 1.63. The minimum atomic E-state index is 0.496. The molecular weight excluding hydrogens is 264 g/mol. The Hall–Kier alpha value is -0.380. The number of nitrogens with zero attached hydrogens (tertiary/aromatic N) is 1. The van der Waals surface area contributed by atoms with Crippen LogP contribution in [0.15, 0.2) is 6.07 Å². The van der Waals surface area contributed by atoms with Crippen molar-refractivity contribution in [1.82, 2.24) is 10.2 Å². The van der Waals surface area contributed by atoms with Gasteiger partial charge >= 0.3 is 0 Å². The molecule has 0 saturated carbocycles. The molecule has 1 heterocycles. The summed E-state index contributed by atoms with van der Waals surface area (Å²) in [6.07, 6.45) is 6.60. The molecule has 2 nitrogen and oxygen atoms in total. The van der Waals surface area contributed by atoms with E-state index in [0.29, 0.717) is 12.1 Å². The molecule has 3 heteroatoms. The van der Waals surface area contributed by atoms with Crippen LogP contribution in [-0.4, -0.2) is 31.1 Å². The van der Waals surface area contributed by atoms with Crippen LogP contribution in [0.3, 0.4) is 0 Å². The molecule has 1 aromatic rings. The number of rotatable bonds is 7. The largest absolute Gasteiger partial charge is 0.308 e. The first-order valence-electron chi connectivity index (χ1n) is 8.17. The molecule has 0 fully saturated rings. The molecule has 1 aromatic heterocycles. The van der Waals surface area contributed by atoms with E-state index in [1.54, 1.807) is 10.4 Å². The Morgan fingerprint density at radius 2 is 2.05 bits per heavy atom. The predicted octanol–water partition coefficient (Wildman–Crippen LogP) is 4.01. The normalized spacial score (nSPS) is 18.1. The summed E-state index contributed by atoms with van der Waals surface area (Å²) in [6.45, 7) is 9.07. The first kappa shape index (κ1) is 16.0. The Kier molecular flexibility index (Phi) is 6.06. The summed E-state index contributed by atoms with van der Waals surface area (Å²) < 4.78 is 0. The van der Waals surface area contributed by atoms with Gasteiger partial charge in [-0.1, -0.05) is 6.92 Å². The first-order chi connectivity index (χ1) is 9.61. The van der Waals surface area contributed by atoms with E-state index in [2.05, 4.69) is 44.1 Å². The summed E-state index contributed by atoms with van der Waals surface area (Å²) in [6, 6.07) is 3.63. The Morgan fingerprint density at radius 3 is 2.75 bits per heavy atom. The minimum absolute atomic E-state index is 0.496. The van der Waals surface area contributed by atoms with Crippen LogP contribution in [0.2, 0.25) is 0 Å². The molecule has 2 atom stereocenters. The molecular formula is C17H30N2S.